The van der Waals surface area contributed by atoms with Gasteiger partial charge in [0.05, 0.1) is 13.2 Å². The molecule has 0 unspecified atom stereocenters. The molecular weight excluding hydrogens is 370 g/mol. The zero-order valence-corrected chi connectivity index (χ0v) is 15.2. The number of hydrogen-bond acceptors (Lipinski definition) is 5. The summed E-state index contributed by atoms with van der Waals surface area (Å²) < 4.78 is 41.6. The van der Waals surface area contributed by atoms with E-state index in [1.807, 2.05) is 31.2 Å². The van der Waals surface area contributed by atoms with Crippen molar-refractivity contribution in [3.63, 3.8) is 0 Å². The van der Waals surface area contributed by atoms with Crippen LogP contribution in [0.1, 0.15) is 34.8 Å². The fraction of sp³-hybridized carbons (Fsp3) is 0.200. The molecule has 0 aliphatic carbocycles. The van der Waals surface area contributed by atoms with Crippen molar-refractivity contribution < 1.29 is 27.6 Å². The number of hydrogen-bond donors (Lipinski definition) is 1. The van der Waals surface area contributed by atoms with Gasteiger partial charge in [0.25, 0.3) is 5.91 Å². The van der Waals surface area contributed by atoms with Crippen molar-refractivity contribution in [1.82, 2.24) is 10.5 Å². The molecular formula is C20H18F2N2O4. The topological polar surface area (TPSA) is 73.6 Å². The molecule has 1 heterocycles. The number of methoxy groups -OCH3 is 1. The number of aromatic nitrogens is 1. The van der Waals surface area contributed by atoms with E-state index in [2.05, 4.69) is 10.5 Å². The number of nitrogens with zero attached hydrogens (tertiary/aromatic N) is 1. The molecule has 3 rings (SSSR count). The van der Waals surface area contributed by atoms with E-state index >= 15 is 0 Å². The SMILES string of the molecule is COc1cccc([C@@H](C)NC(=O)c2cc(COc3ccc(F)c(F)c3)on2)c1. The second-order valence-electron chi connectivity index (χ2n) is 6.01. The van der Waals surface area contributed by atoms with Gasteiger partial charge in [0.15, 0.2) is 23.1 Å². The molecule has 1 amide bonds. The summed E-state index contributed by atoms with van der Waals surface area (Å²) in [6.07, 6.45) is 0. The molecule has 1 N–H and O–H groups in total. The van der Waals surface area contributed by atoms with E-state index in [4.69, 9.17) is 14.0 Å². The molecule has 0 radical (unpaired) electrons. The number of benzene rings is 2. The van der Waals surface area contributed by atoms with Gasteiger partial charge in [-0.05, 0) is 36.8 Å². The van der Waals surface area contributed by atoms with Crippen LogP contribution in [0, 0.1) is 11.6 Å². The van der Waals surface area contributed by atoms with Gasteiger partial charge in [0.2, 0.25) is 0 Å². The Morgan fingerprint density at radius 3 is 2.71 bits per heavy atom. The Morgan fingerprint density at radius 1 is 1.14 bits per heavy atom. The summed E-state index contributed by atoms with van der Waals surface area (Å²) in [6.45, 7) is 1.75. The highest BCUT2D eigenvalue weighted by Gasteiger charge is 2.16. The van der Waals surface area contributed by atoms with Gasteiger partial charge in [-0.15, -0.1) is 0 Å². The molecule has 0 saturated heterocycles. The lowest BCUT2D eigenvalue weighted by molar-refractivity contribution is 0.0930. The molecule has 2 aromatic carbocycles. The minimum Gasteiger partial charge on any atom is -0.497 e. The summed E-state index contributed by atoms with van der Waals surface area (Å²) in [5.41, 5.74) is 0.955. The number of carbonyl (C=O) groups is 1. The Bertz CT molecular complexity index is 974. The maximum Gasteiger partial charge on any atom is 0.273 e. The normalized spacial score (nSPS) is 11.7. The monoisotopic (exact) mass is 388 g/mol. The molecule has 0 aliphatic rings. The van der Waals surface area contributed by atoms with Crippen molar-refractivity contribution in [2.75, 3.05) is 7.11 Å². The second-order valence-corrected chi connectivity index (χ2v) is 6.01. The van der Waals surface area contributed by atoms with Gasteiger partial charge in [-0.2, -0.15) is 0 Å². The molecule has 6 nitrogen and oxygen atoms in total. The lowest BCUT2D eigenvalue weighted by atomic mass is 10.1. The molecule has 0 aliphatic heterocycles. The summed E-state index contributed by atoms with van der Waals surface area (Å²) in [6, 6.07) is 11.7. The van der Waals surface area contributed by atoms with Crippen molar-refractivity contribution in [3.05, 3.63) is 77.2 Å². The number of rotatable bonds is 7. The lowest BCUT2D eigenvalue weighted by Crippen LogP contribution is -2.26. The Kier molecular flexibility index (Phi) is 5.88. The Morgan fingerprint density at radius 2 is 1.96 bits per heavy atom. The standard InChI is InChI=1S/C20H18F2N2O4/c1-12(13-4-3-5-14(8-13)26-2)23-20(25)19-10-16(28-24-19)11-27-15-6-7-17(21)18(22)9-15/h3-10,12H,11H2,1-2H3,(H,23,25)/t12-/m1/s1. The molecule has 0 spiro atoms. The van der Waals surface area contributed by atoms with E-state index < -0.39 is 17.5 Å². The van der Waals surface area contributed by atoms with E-state index in [9.17, 15) is 13.6 Å². The number of ether oxygens (including phenoxy) is 2. The first-order valence-electron chi connectivity index (χ1n) is 8.44. The molecule has 0 fully saturated rings. The van der Waals surface area contributed by atoms with Gasteiger partial charge >= 0.3 is 0 Å². The first-order valence-corrected chi connectivity index (χ1v) is 8.44. The van der Waals surface area contributed by atoms with Crippen molar-refractivity contribution >= 4 is 5.91 Å². The summed E-state index contributed by atoms with van der Waals surface area (Å²) in [5.74, 6) is -1.30. The molecule has 0 bridgehead atoms. The molecule has 3 aromatic rings. The van der Waals surface area contributed by atoms with Gasteiger partial charge in [-0.25, -0.2) is 8.78 Å². The highest BCUT2D eigenvalue weighted by atomic mass is 19.2. The number of amides is 1. The summed E-state index contributed by atoms with van der Waals surface area (Å²) in [5, 5.41) is 6.53. The van der Waals surface area contributed by atoms with Crippen LogP contribution < -0.4 is 14.8 Å². The molecule has 28 heavy (non-hydrogen) atoms. The molecule has 146 valence electrons. The highest BCUT2D eigenvalue weighted by molar-refractivity contribution is 5.92. The van der Waals surface area contributed by atoms with Crippen molar-refractivity contribution in [1.29, 1.82) is 0 Å². The first kappa shape index (κ1) is 19.3. The zero-order chi connectivity index (χ0) is 20.1. The van der Waals surface area contributed by atoms with Crippen molar-refractivity contribution in [2.45, 2.75) is 19.6 Å². The predicted octanol–water partition coefficient (Wildman–Crippen LogP) is 4.03. The third kappa shape index (κ3) is 4.64. The van der Waals surface area contributed by atoms with Crippen LogP contribution in [0.25, 0.3) is 0 Å². The molecule has 1 aromatic heterocycles. The Balaban J connectivity index is 1.59. The largest absolute Gasteiger partial charge is 0.497 e. The van der Waals surface area contributed by atoms with Crippen LogP contribution in [0.3, 0.4) is 0 Å². The van der Waals surface area contributed by atoms with Crippen LogP contribution in [-0.2, 0) is 6.61 Å². The van der Waals surface area contributed by atoms with Gasteiger partial charge in [0.1, 0.15) is 18.1 Å². The first-order chi connectivity index (χ1) is 13.5. The van der Waals surface area contributed by atoms with Crippen molar-refractivity contribution in [2.24, 2.45) is 0 Å². The molecule has 8 heteroatoms. The summed E-state index contributed by atoms with van der Waals surface area (Å²) >= 11 is 0. The number of halogens is 2. The smallest absolute Gasteiger partial charge is 0.273 e. The van der Waals surface area contributed by atoms with Gasteiger partial charge in [-0.3, -0.25) is 4.79 Å². The summed E-state index contributed by atoms with van der Waals surface area (Å²) in [7, 11) is 1.57. The maximum absolute atomic E-state index is 13.2. The fourth-order valence-corrected chi connectivity index (χ4v) is 2.47. The molecule has 0 saturated carbocycles. The minimum atomic E-state index is -1.01. The second kappa shape index (κ2) is 8.51. The average Bonchev–Trinajstić information content (AvgIpc) is 3.18. The van der Waals surface area contributed by atoms with Crippen LogP contribution in [0.15, 0.2) is 53.1 Å². The highest BCUT2D eigenvalue weighted by Crippen LogP contribution is 2.20. The molecule has 1 atom stereocenters. The lowest BCUT2D eigenvalue weighted by Gasteiger charge is -2.14. The fourth-order valence-electron chi connectivity index (χ4n) is 2.47. The van der Waals surface area contributed by atoms with Gasteiger partial charge < -0.3 is 19.3 Å². The third-order valence-corrected chi connectivity index (χ3v) is 4.01. The minimum absolute atomic E-state index is 0.0821. The maximum atomic E-state index is 13.2. The predicted molar refractivity (Wildman–Crippen MR) is 96.1 cm³/mol. The van der Waals surface area contributed by atoms with E-state index in [0.717, 1.165) is 17.7 Å². The Labute approximate surface area is 160 Å². The van der Waals surface area contributed by atoms with Gasteiger partial charge in [0, 0.05) is 12.1 Å². The van der Waals surface area contributed by atoms with Gasteiger partial charge in [-0.1, -0.05) is 17.3 Å². The number of nitrogens with one attached hydrogen (secondary N) is 1. The van der Waals surface area contributed by atoms with E-state index in [-0.39, 0.29) is 29.9 Å². The summed E-state index contributed by atoms with van der Waals surface area (Å²) in [4.78, 5) is 12.4. The third-order valence-electron chi connectivity index (χ3n) is 4.01. The van der Waals surface area contributed by atoms with Crippen LogP contribution in [0.5, 0.6) is 11.5 Å². The Hall–Kier alpha value is -3.42. The van der Waals surface area contributed by atoms with Crippen molar-refractivity contribution in [3.8, 4) is 11.5 Å². The average molecular weight is 388 g/mol. The van der Waals surface area contributed by atoms with Crippen LogP contribution >= 0.6 is 0 Å². The van der Waals surface area contributed by atoms with Crippen LogP contribution in [0.4, 0.5) is 8.78 Å². The van der Waals surface area contributed by atoms with Crippen LogP contribution in [-0.4, -0.2) is 18.2 Å². The van der Waals surface area contributed by atoms with Crippen LogP contribution in [0.2, 0.25) is 0 Å². The van der Waals surface area contributed by atoms with E-state index in [0.29, 0.717) is 5.75 Å². The quantitative estimate of drug-likeness (QED) is 0.662. The van der Waals surface area contributed by atoms with E-state index in [1.54, 1.807) is 7.11 Å². The number of carbonyl (C=O) groups excluding carboxylic acids is 1. The zero-order valence-electron chi connectivity index (χ0n) is 15.2. The van der Waals surface area contributed by atoms with E-state index in [1.165, 1.54) is 12.1 Å².